The third kappa shape index (κ3) is 5.06. The Morgan fingerprint density at radius 3 is 2.51 bits per heavy atom. The summed E-state index contributed by atoms with van der Waals surface area (Å²) in [5.74, 6) is -4.91. The largest absolute Gasteiger partial charge is 0.507 e. The van der Waals surface area contributed by atoms with Gasteiger partial charge in [-0.05, 0) is 61.0 Å². The number of hydrogen-bond donors (Lipinski definition) is 6. The Kier molecular flexibility index (Phi) is 6.79. The second kappa shape index (κ2) is 9.97. The SMILES string of the molecule is CCOC(=O)CC(C(=O)O)c1cc(-c2nc3ccc(C(=N)N)cc3[nH]2)c(O)c(-c2cc(F)ccc2O)c1. The van der Waals surface area contributed by atoms with E-state index in [0.717, 1.165) is 18.2 Å². The van der Waals surface area contributed by atoms with Crippen molar-refractivity contribution in [2.75, 3.05) is 6.61 Å². The minimum absolute atomic E-state index is 0.0480. The zero-order valence-electron chi connectivity index (χ0n) is 19.6. The van der Waals surface area contributed by atoms with Crippen molar-refractivity contribution in [2.45, 2.75) is 19.3 Å². The molecule has 0 aliphatic heterocycles. The zero-order valence-corrected chi connectivity index (χ0v) is 19.6. The van der Waals surface area contributed by atoms with Gasteiger partial charge in [-0.3, -0.25) is 15.0 Å². The number of imidazole rings is 1. The summed E-state index contributed by atoms with van der Waals surface area (Å²) in [6.07, 6.45) is -0.496. The Morgan fingerprint density at radius 1 is 1.11 bits per heavy atom. The Balaban J connectivity index is 1.96. The molecule has 3 aromatic carbocycles. The van der Waals surface area contributed by atoms with Gasteiger partial charge >= 0.3 is 11.9 Å². The lowest BCUT2D eigenvalue weighted by Gasteiger charge is -2.17. The summed E-state index contributed by atoms with van der Waals surface area (Å²) in [5.41, 5.74) is 6.95. The van der Waals surface area contributed by atoms with E-state index in [1.807, 2.05) is 0 Å². The van der Waals surface area contributed by atoms with Crippen molar-refractivity contribution in [3.8, 4) is 34.0 Å². The minimum Gasteiger partial charge on any atom is -0.507 e. The number of fused-ring (bicyclic) bond motifs is 1. The van der Waals surface area contributed by atoms with Crippen molar-refractivity contribution in [3.63, 3.8) is 0 Å². The first kappa shape index (κ1) is 25.2. The van der Waals surface area contributed by atoms with E-state index >= 15 is 0 Å². The number of carbonyl (C=O) groups is 2. The van der Waals surface area contributed by atoms with E-state index in [4.69, 9.17) is 15.9 Å². The second-order valence-electron chi connectivity index (χ2n) is 8.26. The molecule has 7 N–H and O–H groups in total. The van der Waals surface area contributed by atoms with Gasteiger partial charge in [0.05, 0.1) is 35.5 Å². The molecule has 190 valence electrons. The molecule has 1 aromatic heterocycles. The van der Waals surface area contributed by atoms with Crippen LogP contribution in [0.3, 0.4) is 0 Å². The topological polar surface area (TPSA) is 183 Å². The maximum atomic E-state index is 14.1. The van der Waals surface area contributed by atoms with Crippen LogP contribution in [0.15, 0.2) is 48.5 Å². The van der Waals surface area contributed by atoms with Crippen molar-refractivity contribution >= 4 is 28.8 Å². The van der Waals surface area contributed by atoms with Gasteiger partial charge in [-0.2, -0.15) is 0 Å². The molecule has 4 aromatic rings. The Morgan fingerprint density at radius 2 is 1.84 bits per heavy atom. The van der Waals surface area contributed by atoms with Gasteiger partial charge in [0.15, 0.2) is 0 Å². The summed E-state index contributed by atoms with van der Waals surface area (Å²) >= 11 is 0. The number of nitrogen functional groups attached to an aromatic ring is 1. The van der Waals surface area contributed by atoms with Crippen LogP contribution < -0.4 is 5.73 Å². The molecule has 1 atom stereocenters. The molecule has 0 aliphatic carbocycles. The molecule has 4 rings (SSSR count). The van der Waals surface area contributed by atoms with E-state index in [1.165, 1.54) is 12.1 Å². The average molecular weight is 506 g/mol. The molecule has 0 saturated heterocycles. The first-order valence-electron chi connectivity index (χ1n) is 11.2. The first-order valence-corrected chi connectivity index (χ1v) is 11.2. The highest BCUT2D eigenvalue weighted by Gasteiger charge is 2.28. The molecular weight excluding hydrogens is 483 g/mol. The van der Waals surface area contributed by atoms with Crippen LogP contribution in [0.2, 0.25) is 0 Å². The number of esters is 1. The number of carboxylic acid groups (broad SMARTS) is 1. The standard InChI is InChI=1S/C26H23FN4O6/c1-2-37-22(33)11-15(26(35)36)13-7-17(16-10-14(27)4-6-21(16)32)23(34)18(8-13)25-30-19-5-3-12(24(28)29)9-20(19)31-25/h3-10,15,32,34H,2,11H2,1H3,(H3,28,29)(H,30,31)(H,35,36). The number of aromatic amines is 1. The van der Waals surface area contributed by atoms with Gasteiger partial charge in [0, 0.05) is 16.7 Å². The van der Waals surface area contributed by atoms with Crippen molar-refractivity contribution in [3.05, 3.63) is 65.5 Å². The highest BCUT2D eigenvalue weighted by Crippen LogP contribution is 2.43. The van der Waals surface area contributed by atoms with Crippen molar-refractivity contribution in [1.82, 2.24) is 9.97 Å². The number of aromatic hydroxyl groups is 2. The molecule has 0 fully saturated rings. The van der Waals surface area contributed by atoms with Crippen LogP contribution in [-0.4, -0.2) is 49.7 Å². The third-order valence-corrected chi connectivity index (χ3v) is 5.81. The van der Waals surface area contributed by atoms with E-state index in [-0.39, 0.29) is 46.3 Å². The van der Waals surface area contributed by atoms with Crippen LogP contribution >= 0.6 is 0 Å². The quantitative estimate of drug-likeness (QED) is 0.118. The Labute approximate surface area is 209 Å². The molecule has 0 radical (unpaired) electrons. The number of phenols is 2. The van der Waals surface area contributed by atoms with Gasteiger partial charge in [0.2, 0.25) is 0 Å². The molecular formula is C26H23FN4O6. The number of carbonyl (C=O) groups excluding carboxylic acids is 1. The van der Waals surface area contributed by atoms with Crippen LogP contribution in [-0.2, 0) is 14.3 Å². The van der Waals surface area contributed by atoms with Crippen LogP contribution in [0, 0.1) is 11.2 Å². The van der Waals surface area contributed by atoms with E-state index in [1.54, 1.807) is 25.1 Å². The summed E-state index contributed by atoms with van der Waals surface area (Å²) in [4.78, 5) is 31.8. The number of nitrogens with one attached hydrogen (secondary N) is 2. The van der Waals surface area contributed by atoms with Gasteiger partial charge in [0.25, 0.3) is 0 Å². The molecule has 0 saturated carbocycles. The average Bonchev–Trinajstić information content (AvgIpc) is 3.27. The number of nitrogens with two attached hydrogens (primary N) is 1. The highest BCUT2D eigenvalue weighted by molar-refractivity contribution is 5.98. The molecule has 10 nitrogen and oxygen atoms in total. The lowest BCUT2D eigenvalue weighted by molar-refractivity contribution is -0.148. The summed E-state index contributed by atoms with van der Waals surface area (Å²) in [6, 6.07) is 10.6. The Hall–Kier alpha value is -4.93. The van der Waals surface area contributed by atoms with Crippen LogP contribution in [0.25, 0.3) is 33.5 Å². The fourth-order valence-electron chi connectivity index (χ4n) is 4.01. The maximum Gasteiger partial charge on any atom is 0.311 e. The molecule has 0 spiro atoms. The molecule has 0 amide bonds. The van der Waals surface area contributed by atoms with Crippen molar-refractivity contribution in [2.24, 2.45) is 5.73 Å². The summed E-state index contributed by atoms with van der Waals surface area (Å²) in [5, 5.41) is 39.1. The molecule has 1 unspecified atom stereocenters. The van der Waals surface area contributed by atoms with E-state index in [0.29, 0.717) is 16.6 Å². The zero-order chi connectivity index (χ0) is 26.9. The summed E-state index contributed by atoms with van der Waals surface area (Å²) in [6.45, 7) is 1.66. The minimum atomic E-state index is -1.37. The number of phenolic OH excluding ortho intramolecular Hbond substituents is 2. The normalized spacial score (nSPS) is 11.8. The number of rotatable bonds is 8. The Bertz CT molecular complexity index is 1550. The number of nitrogens with zero attached hydrogens (tertiary/aromatic N) is 1. The molecule has 0 bridgehead atoms. The number of benzene rings is 3. The monoisotopic (exact) mass is 506 g/mol. The maximum absolute atomic E-state index is 14.1. The number of H-pyrrole nitrogens is 1. The van der Waals surface area contributed by atoms with Gasteiger partial charge in [0.1, 0.15) is 29.0 Å². The summed E-state index contributed by atoms with van der Waals surface area (Å²) < 4.78 is 19.0. The number of hydrogen-bond acceptors (Lipinski definition) is 7. The van der Waals surface area contributed by atoms with Crippen molar-refractivity contribution < 1.29 is 34.0 Å². The number of ether oxygens (including phenoxy) is 1. The number of aliphatic carboxylic acids is 1. The number of amidine groups is 1. The number of halogens is 1. The smallest absolute Gasteiger partial charge is 0.311 e. The van der Waals surface area contributed by atoms with Crippen LogP contribution in [0.5, 0.6) is 11.5 Å². The second-order valence-corrected chi connectivity index (χ2v) is 8.26. The molecule has 11 heteroatoms. The number of aromatic nitrogens is 2. The van der Waals surface area contributed by atoms with Crippen LogP contribution in [0.1, 0.15) is 30.4 Å². The van der Waals surface area contributed by atoms with Crippen LogP contribution in [0.4, 0.5) is 4.39 Å². The van der Waals surface area contributed by atoms with Gasteiger partial charge in [-0.1, -0.05) is 0 Å². The predicted molar refractivity (Wildman–Crippen MR) is 133 cm³/mol. The fourth-order valence-corrected chi connectivity index (χ4v) is 4.01. The van der Waals surface area contributed by atoms with E-state index in [9.17, 15) is 29.3 Å². The molecule has 0 aliphatic rings. The van der Waals surface area contributed by atoms with Gasteiger partial charge < -0.3 is 30.8 Å². The van der Waals surface area contributed by atoms with Gasteiger partial charge in [-0.15, -0.1) is 0 Å². The highest BCUT2D eigenvalue weighted by atomic mass is 19.1. The molecule has 37 heavy (non-hydrogen) atoms. The fraction of sp³-hybridized carbons (Fsp3) is 0.154. The third-order valence-electron chi connectivity index (χ3n) is 5.81. The lowest BCUT2D eigenvalue weighted by Crippen LogP contribution is -2.18. The number of carboxylic acids is 1. The predicted octanol–water partition coefficient (Wildman–Crippen LogP) is 3.85. The molecule has 1 heterocycles. The van der Waals surface area contributed by atoms with E-state index in [2.05, 4.69) is 9.97 Å². The van der Waals surface area contributed by atoms with Crippen molar-refractivity contribution in [1.29, 1.82) is 5.41 Å². The lowest BCUT2D eigenvalue weighted by atomic mass is 9.89. The van der Waals surface area contributed by atoms with E-state index < -0.39 is 35.8 Å². The summed E-state index contributed by atoms with van der Waals surface area (Å²) in [7, 11) is 0. The first-order chi connectivity index (χ1) is 17.6. The van der Waals surface area contributed by atoms with Gasteiger partial charge in [-0.25, -0.2) is 9.37 Å².